The average Bonchev–Trinajstić information content (AvgIpc) is 2.84. The molecule has 0 saturated carbocycles. The number of aromatic nitrogens is 1. The molecule has 15 heavy (non-hydrogen) atoms. The van der Waals surface area contributed by atoms with Gasteiger partial charge in [0.2, 0.25) is 0 Å². The zero-order chi connectivity index (χ0) is 10.7. The van der Waals surface area contributed by atoms with E-state index in [1.165, 1.54) is 22.7 Å². The van der Waals surface area contributed by atoms with Gasteiger partial charge in [-0.15, -0.1) is 22.7 Å². The van der Waals surface area contributed by atoms with E-state index in [1.54, 1.807) is 11.4 Å². The van der Waals surface area contributed by atoms with Gasteiger partial charge in [-0.05, 0) is 11.4 Å². The van der Waals surface area contributed by atoms with Crippen LogP contribution in [0.3, 0.4) is 0 Å². The minimum atomic E-state index is -0.323. The molecule has 0 aliphatic carbocycles. The molecule has 2 aromatic rings. The van der Waals surface area contributed by atoms with Crippen LogP contribution in [-0.2, 0) is 11.3 Å². The third kappa shape index (κ3) is 2.54. The van der Waals surface area contributed by atoms with Crippen molar-refractivity contribution in [3.63, 3.8) is 0 Å². The Morgan fingerprint density at radius 1 is 1.53 bits per heavy atom. The van der Waals surface area contributed by atoms with E-state index in [0.29, 0.717) is 15.7 Å². The molecule has 0 unspecified atom stereocenters. The highest BCUT2D eigenvalue weighted by Crippen LogP contribution is 2.14. The Bertz CT molecular complexity index is 450. The van der Waals surface area contributed by atoms with Crippen molar-refractivity contribution < 1.29 is 9.53 Å². The van der Waals surface area contributed by atoms with E-state index in [9.17, 15) is 4.79 Å². The van der Waals surface area contributed by atoms with Gasteiger partial charge < -0.3 is 10.5 Å². The van der Waals surface area contributed by atoms with Crippen molar-refractivity contribution in [2.75, 3.05) is 5.73 Å². The van der Waals surface area contributed by atoms with Crippen LogP contribution in [0.2, 0.25) is 0 Å². The maximum Gasteiger partial charge on any atom is 0.348 e. The number of nitrogens with zero attached hydrogens (tertiary/aromatic N) is 1. The molecular weight excluding hydrogens is 232 g/mol. The van der Waals surface area contributed by atoms with Gasteiger partial charge in [-0.1, -0.05) is 6.07 Å². The first-order chi connectivity index (χ1) is 7.25. The van der Waals surface area contributed by atoms with Crippen molar-refractivity contribution in [1.29, 1.82) is 0 Å². The summed E-state index contributed by atoms with van der Waals surface area (Å²) >= 11 is 2.69. The second-order valence-corrected chi connectivity index (χ2v) is 4.57. The van der Waals surface area contributed by atoms with Gasteiger partial charge in [0.25, 0.3) is 0 Å². The number of thiazole rings is 1. The van der Waals surface area contributed by atoms with Crippen molar-refractivity contribution in [2.24, 2.45) is 0 Å². The standard InChI is InChI=1S/C9H8N2O2S2/c10-9-11-6(5-15-9)4-13-8(12)7-2-1-3-14-7/h1-3,5H,4H2,(H2,10,11). The minimum Gasteiger partial charge on any atom is -0.455 e. The summed E-state index contributed by atoms with van der Waals surface area (Å²) in [5.41, 5.74) is 6.13. The van der Waals surface area contributed by atoms with Gasteiger partial charge in [-0.3, -0.25) is 0 Å². The predicted molar refractivity (Wildman–Crippen MR) is 60.0 cm³/mol. The summed E-state index contributed by atoms with van der Waals surface area (Å²) in [6.07, 6.45) is 0. The maximum absolute atomic E-state index is 11.4. The van der Waals surface area contributed by atoms with Crippen LogP contribution in [0.25, 0.3) is 0 Å². The predicted octanol–water partition coefficient (Wildman–Crippen LogP) is 2.14. The molecule has 2 aromatic heterocycles. The lowest BCUT2D eigenvalue weighted by Crippen LogP contribution is -2.03. The number of hydrogen-bond acceptors (Lipinski definition) is 6. The third-order valence-electron chi connectivity index (χ3n) is 1.64. The van der Waals surface area contributed by atoms with E-state index in [1.807, 2.05) is 11.4 Å². The van der Waals surface area contributed by atoms with E-state index in [4.69, 9.17) is 10.5 Å². The molecule has 0 atom stereocenters. The number of esters is 1. The Morgan fingerprint density at radius 3 is 3.00 bits per heavy atom. The Hall–Kier alpha value is -1.40. The Morgan fingerprint density at radius 2 is 2.40 bits per heavy atom. The van der Waals surface area contributed by atoms with E-state index in [0.717, 1.165) is 0 Å². The number of rotatable bonds is 3. The smallest absolute Gasteiger partial charge is 0.348 e. The van der Waals surface area contributed by atoms with Crippen molar-refractivity contribution >= 4 is 33.8 Å². The second-order valence-electron chi connectivity index (χ2n) is 2.73. The molecule has 78 valence electrons. The zero-order valence-electron chi connectivity index (χ0n) is 7.67. The quantitative estimate of drug-likeness (QED) is 0.835. The lowest BCUT2D eigenvalue weighted by molar-refractivity contribution is 0.0474. The Balaban J connectivity index is 1.91. The average molecular weight is 240 g/mol. The molecule has 0 aromatic carbocycles. The molecule has 0 saturated heterocycles. The molecule has 0 aliphatic heterocycles. The van der Waals surface area contributed by atoms with Gasteiger partial charge in [0, 0.05) is 5.38 Å². The van der Waals surface area contributed by atoms with Crippen molar-refractivity contribution in [3.8, 4) is 0 Å². The number of nitrogens with two attached hydrogens (primary N) is 1. The van der Waals surface area contributed by atoms with Gasteiger partial charge in [0.1, 0.15) is 11.5 Å². The first-order valence-electron chi connectivity index (χ1n) is 4.16. The van der Waals surface area contributed by atoms with Gasteiger partial charge in [-0.2, -0.15) is 0 Å². The van der Waals surface area contributed by atoms with Crippen LogP contribution in [0.4, 0.5) is 5.13 Å². The van der Waals surface area contributed by atoms with Crippen LogP contribution < -0.4 is 5.73 Å². The van der Waals surface area contributed by atoms with Crippen LogP contribution in [0.1, 0.15) is 15.4 Å². The molecule has 0 aliphatic rings. The SMILES string of the molecule is Nc1nc(COC(=O)c2cccs2)cs1. The highest BCUT2D eigenvalue weighted by molar-refractivity contribution is 7.13. The summed E-state index contributed by atoms with van der Waals surface area (Å²) in [4.78, 5) is 16.0. The number of anilines is 1. The molecule has 0 spiro atoms. The van der Waals surface area contributed by atoms with Crippen LogP contribution in [0, 0.1) is 0 Å². The minimum absolute atomic E-state index is 0.171. The van der Waals surface area contributed by atoms with E-state index in [2.05, 4.69) is 4.98 Å². The number of nitrogen functional groups attached to an aromatic ring is 1. The topological polar surface area (TPSA) is 65.2 Å². The summed E-state index contributed by atoms with van der Waals surface area (Å²) in [5, 5.41) is 4.09. The van der Waals surface area contributed by atoms with E-state index >= 15 is 0 Å². The molecular formula is C9H8N2O2S2. The van der Waals surface area contributed by atoms with E-state index < -0.39 is 0 Å². The van der Waals surface area contributed by atoms with Crippen LogP contribution in [-0.4, -0.2) is 11.0 Å². The lowest BCUT2D eigenvalue weighted by atomic mass is 10.5. The van der Waals surface area contributed by atoms with Crippen molar-refractivity contribution in [1.82, 2.24) is 4.98 Å². The Labute approximate surface area is 94.3 Å². The second kappa shape index (κ2) is 4.41. The van der Waals surface area contributed by atoms with E-state index in [-0.39, 0.29) is 12.6 Å². The first-order valence-corrected chi connectivity index (χ1v) is 5.92. The first kappa shape index (κ1) is 10.1. The molecule has 2 rings (SSSR count). The number of thiophene rings is 1. The number of carbonyl (C=O) groups is 1. The van der Waals surface area contributed by atoms with Crippen LogP contribution in [0.5, 0.6) is 0 Å². The molecule has 6 heteroatoms. The molecule has 2 heterocycles. The molecule has 0 fully saturated rings. The summed E-state index contributed by atoms with van der Waals surface area (Å²) < 4.78 is 5.05. The van der Waals surface area contributed by atoms with Gasteiger partial charge in [0.05, 0.1) is 5.69 Å². The summed E-state index contributed by atoms with van der Waals surface area (Å²) in [7, 11) is 0. The largest absolute Gasteiger partial charge is 0.455 e. The van der Waals surface area contributed by atoms with Gasteiger partial charge in [-0.25, -0.2) is 9.78 Å². The number of carbonyl (C=O) groups excluding carboxylic acids is 1. The third-order valence-corrected chi connectivity index (χ3v) is 3.22. The fraction of sp³-hybridized carbons (Fsp3) is 0.111. The monoisotopic (exact) mass is 240 g/mol. The molecule has 4 nitrogen and oxygen atoms in total. The Kier molecular flexibility index (Phi) is 2.98. The molecule has 0 bridgehead atoms. The van der Waals surface area contributed by atoms with Gasteiger partial charge >= 0.3 is 5.97 Å². The summed E-state index contributed by atoms with van der Waals surface area (Å²) in [5.74, 6) is -0.323. The molecule has 0 radical (unpaired) electrons. The number of ether oxygens (including phenoxy) is 1. The van der Waals surface area contributed by atoms with Crippen LogP contribution >= 0.6 is 22.7 Å². The normalized spacial score (nSPS) is 10.1. The van der Waals surface area contributed by atoms with Crippen LogP contribution in [0.15, 0.2) is 22.9 Å². The lowest BCUT2D eigenvalue weighted by Gasteiger charge is -1.99. The fourth-order valence-corrected chi connectivity index (χ4v) is 2.16. The zero-order valence-corrected chi connectivity index (χ0v) is 9.31. The maximum atomic E-state index is 11.4. The molecule has 0 amide bonds. The highest BCUT2D eigenvalue weighted by atomic mass is 32.1. The van der Waals surface area contributed by atoms with Crippen molar-refractivity contribution in [3.05, 3.63) is 33.5 Å². The molecule has 2 N–H and O–H groups in total. The fourth-order valence-electron chi connectivity index (χ4n) is 0.994. The number of hydrogen-bond donors (Lipinski definition) is 1. The van der Waals surface area contributed by atoms with Gasteiger partial charge in [0.15, 0.2) is 5.13 Å². The van der Waals surface area contributed by atoms with Crippen molar-refractivity contribution in [2.45, 2.75) is 6.61 Å². The summed E-state index contributed by atoms with van der Waals surface area (Å²) in [6, 6.07) is 3.53. The summed E-state index contributed by atoms with van der Waals surface area (Å²) in [6.45, 7) is 0.171. The highest BCUT2D eigenvalue weighted by Gasteiger charge is 2.08.